The molecule has 24 heavy (non-hydrogen) atoms. The molecule has 1 aromatic rings. The molecule has 1 aliphatic rings. The Hall–Kier alpha value is -2.00. The summed E-state index contributed by atoms with van der Waals surface area (Å²) in [6.45, 7) is 5.00. The van der Waals surface area contributed by atoms with Crippen molar-refractivity contribution in [1.29, 1.82) is 5.26 Å². The number of hydrogen-bond donors (Lipinski definition) is 1. The van der Waals surface area contributed by atoms with Crippen LogP contribution in [0.2, 0.25) is 0 Å². The first-order chi connectivity index (χ1) is 11.6. The fourth-order valence-corrected chi connectivity index (χ4v) is 2.66. The highest BCUT2D eigenvalue weighted by Gasteiger charge is 2.24. The molecule has 0 saturated heterocycles. The minimum absolute atomic E-state index is 0.0819. The van der Waals surface area contributed by atoms with Gasteiger partial charge in [0.1, 0.15) is 11.6 Å². The molecule has 1 saturated carbocycles. The molecule has 2 rings (SSSR count). The van der Waals surface area contributed by atoms with E-state index in [9.17, 15) is 10.1 Å². The van der Waals surface area contributed by atoms with Crippen LogP contribution in [-0.2, 0) is 4.79 Å². The molecule has 0 bridgehead atoms. The van der Waals surface area contributed by atoms with Gasteiger partial charge in [-0.1, -0.05) is 6.92 Å². The predicted octanol–water partition coefficient (Wildman–Crippen LogP) is 3.82. The number of nitrogens with zero attached hydrogens (tertiary/aromatic N) is 1. The van der Waals surface area contributed by atoms with Crippen LogP contribution in [0.3, 0.4) is 0 Å². The number of nitrogens with one attached hydrogen (secondary N) is 1. The van der Waals surface area contributed by atoms with Gasteiger partial charge >= 0.3 is 0 Å². The number of hydrogen-bond acceptors (Lipinski definition) is 4. The number of carbonyl (C=O) groups is 1. The highest BCUT2D eigenvalue weighted by atomic mass is 79.9. The van der Waals surface area contributed by atoms with E-state index in [-0.39, 0.29) is 17.5 Å². The minimum atomic E-state index is -0.333. The third-order valence-electron chi connectivity index (χ3n) is 3.37. The van der Waals surface area contributed by atoms with Crippen molar-refractivity contribution in [3.8, 4) is 17.6 Å². The molecule has 1 aromatic carbocycles. The Kier molecular flexibility index (Phi) is 6.68. The molecule has 0 atom stereocenters. The van der Waals surface area contributed by atoms with Gasteiger partial charge in [0.05, 0.1) is 17.7 Å². The SMILES string of the molecule is CCCOc1c(Br)cc(/C=C(\C#N)C(=O)NC2CC2)cc1OCC. The molecule has 0 unspecified atom stereocenters. The second-order valence-electron chi connectivity index (χ2n) is 5.53. The summed E-state index contributed by atoms with van der Waals surface area (Å²) in [5.74, 6) is 0.892. The minimum Gasteiger partial charge on any atom is -0.490 e. The number of nitriles is 1. The molecule has 0 aromatic heterocycles. The number of amides is 1. The third kappa shape index (κ3) is 5.00. The molecule has 5 nitrogen and oxygen atoms in total. The zero-order chi connectivity index (χ0) is 17.5. The number of ether oxygens (including phenoxy) is 2. The quantitative estimate of drug-likeness (QED) is 0.539. The molecule has 1 N–H and O–H groups in total. The van der Waals surface area contributed by atoms with E-state index in [0.29, 0.717) is 30.3 Å². The van der Waals surface area contributed by atoms with E-state index >= 15 is 0 Å². The standard InChI is InChI=1S/C18H21BrN2O3/c1-3-7-24-17-15(19)9-12(10-16(17)23-4-2)8-13(11-20)18(22)21-14-5-6-14/h8-10,14H,3-7H2,1-2H3,(H,21,22)/b13-8+. The van der Waals surface area contributed by atoms with Crippen molar-refractivity contribution in [3.63, 3.8) is 0 Å². The van der Waals surface area contributed by atoms with Crippen molar-refractivity contribution in [2.75, 3.05) is 13.2 Å². The second kappa shape index (κ2) is 8.74. The fraction of sp³-hybridized carbons (Fsp3) is 0.444. The first-order valence-electron chi connectivity index (χ1n) is 8.10. The van der Waals surface area contributed by atoms with Crippen molar-refractivity contribution < 1.29 is 14.3 Å². The summed E-state index contributed by atoms with van der Waals surface area (Å²) >= 11 is 3.48. The van der Waals surface area contributed by atoms with Crippen LogP contribution in [0.25, 0.3) is 6.08 Å². The van der Waals surface area contributed by atoms with Gasteiger partial charge in [0.15, 0.2) is 11.5 Å². The van der Waals surface area contributed by atoms with E-state index in [0.717, 1.165) is 23.7 Å². The number of carbonyl (C=O) groups excluding carboxylic acids is 1. The Morgan fingerprint density at radius 3 is 2.75 bits per heavy atom. The highest BCUT2D eigenvalue weighted by molar-refractivity contribution is 9.10. The normalized spacial score (nSPS) is 14.0. The van der Waals surface area contributed by atoms with Crippen molar-refractivity contribution in [1.82, 2.24) is 5.32 Å². The van der Waals surface area contributed by atoms with E-state index in [4.69, 9.17) is 9.47 Å². The summed E-state index contributed by atoms with van der Waals surface area (Å²) in [5, 5.41) is 12.1. The predicted molar refractivity (Wildman–Crippen MR) is 95.9 cm³/mol. The molecular weight excluding hydrogens is 372 g/mol. The van der Waals surface area contributed by atoms with Crippen LogP contribution >= 0.6 is 15.9 Å². The van der Waals surface area contributed by atoms with Crippen molar-refractivity contribution in [2.24, 2.45) is 0 Å². The Morgan fingerprint density at radius 2 is 2.17 bits per heavy atom. The van der Waals surface area contributed by atoms with Gasteiger partial charge in [-0.3, -0.25) is 4.79 Å². The molecule has 0 radical (unpaired) electrons. The molecular formula is C18H21BrN2O3. The van der Waals surface area contributed by atoms with Crippen LogP contribution in [-0.4, -0.2) is 25.2 Å². The summed E-state index contributed by atoms with van der Waals surface area (Å²) < 4.78 is 12.1. The lowest BCUT2D eigenvalue weighted by Gasteiger charge is -2.14. The van der Waals surface area contributed by atoms with E-state index in [2.05, 4.69) is 21.2 Å². The van der Waals surface area contributed by atoms with Crippen molar-refractivity contribution in [2.45, 2.75) is 39.2 Å². The third-order valence-corrected chi connectivity index (χ3v) is 3.96. The maximum absolute atomic E-state index is 12.1. The molecule has 1 amide bonds. The maximum atomic E-state index is 12.1. The van der Waals surface area contributed by atoms with E-state index in [1.165, 1.54) is 0 Å². The average Bonchev–Trinajstić information content (AvgIpc) is 3.36. The number of halogens is 1. The molecule has 6 heteroatoms. The van der Waals surface area contributed by atoms with Gasteiger partial charge in [-0.25, -0.2) is 0 Å². The summed E-state index contributed by atoms with van der Waals surface area (Å²) in [4.78, 5) is 12.1. The zero-order valence-electron chi connectivity index (χ0n) is 13.9. The zero-order valence-corrected chi connectivity index (χ0v) is 15.5. The lowest BCUT2D eigenvalue weighted by molar-refractivity contribution is -0.117. The molecule has 128 valence electrons. The van der Waals surface area contributed by atoms with E-state index in [1.807, 2.05) is 26.0 Å². The van der Waals surface area contributed by atoms with Crippen molar-refractivity contribution in [3.05, 3.63) is 27.7 Å². The molecule has 1 fully saturated rings. The van der Waals surface area contributed by atoms with Crippen LogP contribution in [0.4, 0.5) is 0 Å². The largest absolute Gasteiger partial charge is 0.490 e. The van der Waals surface area contributed by atoms with Gasteiger partial charge in [0.2, 0.25) is 0 Å². The van der Waals surface area contributed by atoms with Gasteiger partial charge in [0, 0.05) is 6.04 Å². The molecule has 0 heterocycles. The van der Waals surface area contributed by atoms with Crippen molar-refractivity contribution >= 4 is 27.9 Å². The lowest BCUT2D eigenvalue weighted by atomic mass is 10.1. The second-order valence-corrected chi connectivity index (χ2v) is 6.38. The average molecular weight is 393 g/mol. The summed E-state index contributed by atoms with van der Waals surface area (Å²) in [6, 6.07) is 5.77. The Labute approximate surface area is 150 Å². The Bertz CT molecular complexity index is 676. The molecule has 0 spiro atoms. The first-order valence-corrected chi connectivity index (χ1v) is 8.90. The van der Waals surface area contributed by atoms with Gasteiger partial charge in [-0.2, -0.15) is 5.26 Å². The monoisotopic (exact) mass is 392 g/mol. The highest BCUT2D eigenvalue weighted by Crippen LogP contribution is 2.37. The van der Waals surface area contributed by atoms with Crippen LogP contribution < -0.4 is 14.8 Å². The van der Waals surface area contributed by atoms with E-state index in [1.54, 1.807) is 12.1 Å². The molecule has 0 aliphatic heterocycles. The van der Waals surface area contributed by atoms with Crippen LogP contribution in [0, 0.1) is 11.3 Å². The van der Waals surface area contributed by atoms with Crippen LogP contribution in [0.1, 0.15) is 38.7 Å². The topological polar surface area (TPSA) is 71.3 Å². The van der Waals surface area contributed by atoms with Gasteiger partial charge in [-0.15, -0.1) is 0 Å². The lowest BCUT2D eigenvalue weighted by Crippen LogP contribution is -2.26. The first kappa shape index (κ1) is 18.3. The van der Waals surface area contributed by atoms with Gasteiger partial charge in [0.25, 0.3) is 5.91 Å². The van der Waals surface area contributed by atoms with Crippen LogP contribution in [0.15, 0.2) is 22.2 Å². The number of benzene rings is 1. The van der Waals surface area contributed by atoms with Gasteiger partial charge < -0.3 is 14.8 Å². The van der Waals surface area contributed by atoms with E-state index < -0.39 is 0 Å². The van der Waals surface area contributed by atoms with Crippen LogP contribution in [0.5, 0.6) is 11.5 Å². The maximum Gasteiger partial charge on any atom is 0.262 e. The summed E-state index contributed by atoms with van der Waals surface area (Å²) in [5.41, 5.74) is 0.787. The number of rotatable bonds is 8. The molecule has 1 aliphatic carbocycles. The Balaban J connectivity index is 2.29. The summed E-state index contributed by atoms with van der Waals surface area (Å²) in [7, 11) is 0. The Morgan fingerprint density at radius 1 is 1.42 bits per heavy atom. The summed E-state index contributed by atoms with van der Waals surface area (Å²) in [6.07, 6.45) is 4.41. The fourth-order valence-electron chi connectivity index (χ4n) is 2.08. The van der Waals surface area contributed by atoms with Gasteiger partial charge in [-0.05, 0) is 65.9 Å². The smallest absolute Gasteiger partial charge is 0.262 e.